The third-order valence-electron chi connectivity index (χ3n) is 3.44. The lowest BCUT2D eigenvalue weighted by Gasteiger charge is -2.33. The Morgan fingerprint density at radius 1 is 1.21 bits per heavy atom. The largest absolute Gasteiger partial charge is 0.756 e. The molecular weight excluding hydrogens is 362 g/mol. The third-order valence-corrected chi connectivity index (χ3v) is 4.43. The summed E-state index contributed by atoms with van der Waals surface area (Å²) in [6.07, 6.45) is -8.67. The maximum Gasteiger partial charge on any atom is 0.423 e. The SMILES string of the molecule is O=c1[nH]c(C2CC3OP(=O)([O-])OCC3O2)c(C(F)(F)F)c(=O)[nH]1.[NH4+]. The van der Waals surface area contributed by atoms with E-state index in [2.05, 4.69) is 9.05 Å². The number of halogens is 3. The molecule has 1 aromatic heterocycles. The summed E-state index contributed by atoms with van der Waals surface area (Å²) in [5.41, 5.74) is -5.12. The van der Waals surface area contributed by atoms with Crippen LogP contribution >= 0.6 is 7.82 Å². The fourth-order valence-corrected chi connectivity index (χ4v) is 3.49. The zero-order valence-electron chi connectivity index (χ0n) is 12.1. The number of phosphoric ester groups is 1. The summed E-state index contributed by atoms with van der Waals surface area (Å²) in [6.45, 7) is -0.420. The van der Waals surface area contributed by atoms with E-state index in [4.69, 9.17) is 4.74 Å². The Labute approximate surface area is 131 Å². The quantitative estimate of drug-likeness (QED) is 0.587. The maximum atomic E-state index is 13.0. The van der Waals surface area contributed by atoms with E-state index in [0.29, 0.717) is 0 Å². The lowest BCUT2D eigenvalue weighted by Crippen LogP contribution is -2.35. The van der Waals surface area contributed by atoms with Gasteiger partial charge in [0.15, 0.2) is 0 Å². The molecule has 0 saturated carbocycles. The van der Waals surface area contributed by atoms with Crippen LogP contribution in [0.15, 0.2) is 9.59 Å². The lowest BCUT2D eigenvalue weighted by molar-refractivity contribution is -0.243. The van der Waals surface area contributed by atoms with Gasteiger partial charge in [0.25, 0.3) is 13.4 Å². The van der Waals surface area contributed by atoms with Gasteiger partial charge in [0.05, 0.1) is 18.4 Å². The molecule has 4 atom stereocenters. The highest BCUT2D eigenvalue weighted by atomic mass is 31.2. The first kappa shape index (κ1) is 18.8. The van der Waals surface area contributed by atoms with Gasteiger partial charge in [0.1, 0.15) is 17.8 Å². The zero-order valence-corrected chi connectivity index (χ0v) is 13.0. The van der Waals surface area contributed by atoms with Crippen molar-refractivity contribution >= 4 is 7.82 Å². The number of hydrogen-bond donors (Lipinski definition) is 3. The minimum atomic E-state index is -5.03. The van der Waals surface area contributed by atoms with Crippen molar-refractivity contribution in [2.24, 2.45) is 0 Å². The van der Waals surface area contributed by atoms with Gasteiger partial charge in [-0.05, 0) is 0 Å². The topological polar surface area (TPSA) is 170 Å². The Morgan fingerprint density at radius 3 is 2.50 bits per heavy atom. The Kier molecular flexibility index (Phi) is 4.78. The molecule has 6 N–H and O–H groups in total. The first-order valence-electron chi connectivity index (χ1n) is 6.30. The zero-order chi connectivity index (χ0) is 17.0. The molecule has 4 unspecified atom stereocenters. The van der Waals surface area contributed by atoms with Gasteiger partial charge in [-0.2, -0.15) is 13.2 Å². The number of rotatable bonds is 1. The highest BCUT2D eigenvalue weighted by Crippen LogP contribution is 2.50. The van der Waals surface area contributed by atoms with Crippen molar-refractivity contribution in [2.45, 2.75) is 30.9 Å². The Balaban J connectivity index is 0.00000208. The number of alkyl halides is 3. The van der Waals surface area contributed by atoms with Crippen LogP contribution in [0.4, 0.5) is 13.2 Å². The van der Waals surface area contributed by atoms with Gasteiger partial charge in [0, 0.05) is 6.42 Å². The molecule has 0 bridgehead atoms. The number of ether oxygens (including phenoxy) is 1. The minimum Gasteiger partial charge on any atom is -0.756 e. The second kappa shape index (κ2) is 6.10. The van der Waals surface area contributed by atoms with Crippen molar-refractivity contribution < 1.29 is 36.4 Å². The van der Waals surface area contributed by atoms with Crippen LogP contribution in [-0.4, -0.2) is 28.8 Å². The average Bonchev–Trinajstić information content (AvgIpc) is 2.77. The fourth-order valence-electron chi connectivity index (χ4n) is 2.55. The third kappa shape index (κ3) is 3.45. The van der Waals surface area contributed by atoms with Crippen molar-refractivity contribution in [3.63, 3.8) is 0 Å². The molecule has 0 amide bonds. The Bertz CT molecular complexity index is 791. The summed E-state index contributed by atoms with van der Waals surface area (Å²) in [5.74, 6) is 0. The van der Waals surface area contributed by atoms with Crippen LogP contribution < -0.4 is 22.3 Å². The molecule has 136 valence electrons. The molecule has 0 aromatic carbocycles. The predicted octanol–water partition coefficient (Wildman–Crippen LogP) is 0.172. The second-order valence-corrected chi connectivity index (χ2v) is 6.34. The van der Waals surface area contributed by atoms with E-state index >= 15 is 0 Å². The van der Waals surface area contributed by atoms with Crippen LogP contribution in [0.2, 0.25) is 0 Å². The molecule has 24 heavy (non-hydrogen) atoms. The summed E-state index contributed by atoms with van der Waals surface area (Å²) >= 11 is 0. The highest BCUT2D eigenvalue weighted by molar-refractivity contribution is 7.45. The summed E-state index contributed by atoms with van der Waals surface area (Å²) < 4.78 is 64.6. The van der Waals surface area contributed by atoms with Gasteiger partial charge in [-0.1, -0.05) is 0 Å². The van der Waals surface area contributed by atoms with Gasteiger partial charge >= 0.3 is 11.9 Å². The van der Waals surface area contributed by atoms with Gasteiger partial charge in [-0.25, -0.2) is 4.79 Å². The van der Waals surface area contributed by atoms with E-state index in [9.17, 15) is 32.2 Å². The number of aromatic amines is 2. The van der Waals surface area contributed by atoms with Crippen LogP contribution in [0, 0.1) is 0 Å². The number of H-pyrrole nitrogens is 2. The van der Waals surface area contributed by atoms with Crippen molar-refractivity contribution in [3.8, 4) is 0 Å². The molecule has 10 nitrogen and oxygen atoms in total. The first-order chi connectivity index (χ1) is 10.6. The van der Waals surface area contributed by atoms with Gasteiger partial charge in [-0.3, -0.25) is 14.3 Å². The molecule has 2 fully saturated rings. The Morgan fingerprint density at radius 2 is 1.88 bits per heavy atom. The van der Waals surface area contributed by atoms with Gasteiger partial charge in [0.2, 0.25) is 0 Å². The molecule has 14 heteroatoms. The molecule has 0 spiro atoms. The molecule has 2 aliphatic heterocycles. The molecule has 2 saturated heterocycles. The maximum absolute atomic E-state index is 13.0. The fraction of sp³-hybridized carbons (Fsp3) is 0.600. The van der Waals surface area contributed by atoms with Gasteiger partial charge in [-0.15, -0.1) is 0 Å². The smallest absolute Gasteiger partial charge is 0.423 e. The first-order valence-corrected chi connectivity index (χ1v) is 7.76. The van der Waals surface area contributed by atoms with E-state index in [1.54, 1.807) is 0 Å². The summed E-state index contributed by atoms with van der Waals surface area (Å²) in [6, 6.07) is 0. The van der Waals surface area contributed by atoms with E-state index < -0.39 is 61.4 Å². The number of fused-ring (bicyclic) bond motifs is 1. The predicted molar refractivity (Wildman–Crippen MR) is 69.3 cm³/mol. The lowest BCUT2D eigenvalue weighted by atomic mass is 10.1. The molecular formula is C10H13F3N3O7P. The highest BCUT2D eigenvalue weighted by Gasteiger charge is 2.47. The van der Waals surface area contributed by atoms with E-state index in [-0.39, 0.29) is 12.6 Å². The average molecular weight is 375 g/mol. The summed E-state index contributed by atoms with van der Waals surface area (Å²) in [7, 11) is -4.53. The van der Waals surface area contributed by atoms with Crippen LogP contribution in [0.5, 0.6) is 0 Å². The second-order valence-electron chi connectivity index (χ2n) is 4.98. The van der Waals surface area contributed by atoms with Crippen LogP contribution in [0.3, 0.4) is 0 Å². The Hall–Kier alpha value is -1.50. The van der Waals surface area contributed by atoms with E-state index in [0.717, 1.165) is 0 Å². The number of nitrogens with one attached hydrogen (secondary N) is 2. The number of hydrogen-bond acceptors (Lipinski definition) is 7. The molecule has 1 aromatic rings. The van der Waals surface area contributed by atoms with Crippen molar-refractivity contribution in [1.82, 2.24) is 16.1 Å². The summed E-state index contributed by atoms with van der Waals surface area (Å²) in [5, 5.41) is 0. The number of phosphoric acid groups is 1. The molecule has 3 heterocycles. The van der Waals surface area contributed by atoms with Crippen molar-refractivity contribution in [1.29, 1.82) is 0 Å². The van der Waals surface area contributed by atoms with Crippen LogP contribution in [-0.2, 0) is 24.5 Å². The summed E-state index contributed by atoms with van der Waals surface area (Å²) in [4.78, 5) is 37.4. The number of aromatic nitrogens is 2. The van der Waals surface area contributed by atoms with Crippen LogP contribution in [0.25, 0.3) is 0 Å². The molecule has 0 radical (unpaired) electrons. The monoisotopic (exact) mass is 375 g/mol. The van der Waals surface area contributed by atoms with Crippen molar-refractivity contribution in [3.05, 3.63) is 32.1 Å². The van der Waals surface area contributed by atoms with Crippen molar-refractivity contribution in [2.75, 3.05) is 6.61 Å². The normalized spacial score (nSPS) is 32.9. The molecule has 2 aliphatic rings. The van der Waals surface area contributed by atoms with E-state index in [1.165, 1.54) is 4.98 Å². The van der Waals surface area contributed by atoms with E-state index in [1.807, 2.05) is 4.98 Å². The molecule has 3 rings (SSSR count). The van der Waals surface area contributed by atoms with Gasteiger partial charge < -0.3 is 29.8 Å². The number of quaternary nitrogens is 1. The molecule has 0 aliphatic carbocycles. The van der Waals surface area contributed by atoms with Crippen LogP contribution in [0.1, 0.15) is 23.8 Å². The minimum absolute atomic E-state index is 0. The standard InChI is InChI=1S/C10H10F3N2O7P.H3N/c11-10(12,13)6-7(14-9(17)15-8(6)16)4-1-3-5(21-4)2-20-23(18,19)22-3;/h3-5H,1-2H2,(H,18,19)(H2,14,15,16,17);1H3.